The predicted molar refractivity (Wildman–Crippen MR) is 76.8 cm³/mol. The second kappa shape index (κ2) is 6.02. The van der Waals surface area contributed by atoms with Gasteiger partial charge < -0.3 is 10.0 Å². The summed E-state index contributed by atoms with van der Waals surface area (Å²) in [5, 5.41) is 9.57. The van der Waals surface area contributed by atoms with Crippen molar-refractivity contribution in [3.8, 4) is 0 Å². The van der Waals surface area contributed by atoms with E-state index in [-0.39, 0.29) is 12.0 Å². The molecule has 1 heterocycles. The van der Waals surface area contributed by atoms with E-state index < -0.39 is 0 Å². The Morgan fingerprint density at radius 3 is 2.89 bits per heavy atom. The van der Waals surface area contributed by atoms with Crippen LogP contribution in [0, 0.1) is 13.8 Å². The van der Waals surface area contributed by atoms with Gasteiger partial charge in [-0.1, -0.05) is 23.8 Å². The fourth-order valence-corrected chi connectivity index (χ4v) is 2.43. The van der Waals surface area contributed by atoms with Crippen LogP contribution < -0.4 is 0 Å². The molecule has 0 saturated carbocycles. The van der Waals surface area contributed by atoms with Crippen LogP contribution in [-0.2, 0) is 4.79 Å². The van der Waals surface area contributed by atoms with Crippen LogP contribution >= 0.6 is 0 Å². The van der Waals surface area contributed by atoms with Crippen LogP contribution in [0.15, 0.2) is 24.3 Å². The second-order valence-corrected chi connectivity index (χ2v) is 5.27. The Balaban J connectivity index is 2.03. The van der Waals surface area contributed by atoms with E-state index in [9.17, 15) is 9.90 Å². The van der Waals surface area contributed by atoms with Crippen LogP contribution in [0.3, 0.4) is 0 Å². The van der Waals surface area contributed by atoms with Crippen LogP contribution in [0.25, 0.3) is 6.08 Å². The Morgan fingerprint density at radius 2 is 2.21 bits per heavy atom. The molecular formula is C16H21NO2. The molecule has 1 aliphatic heterocycles. The lowest BCUT2D eigenvalue weighted by Crippen LogP contribution is -2.41. The maximum Gasteiger partial charge on any atom is 0.246 e. The first-order chi connectivity index (χ1) is 9.06. The van der Waals surface area contributed by atoms with E-state index in [4.69, 9.17) is 0 Å². The zero-order chi connectivity index (χ0) is 13.8. The van der Waals surface area contributed by atoms with Gasteiger partial charge in [0.25, 0.3) is 0 Å². The maximum absolute atomic E-state index is 12.0. The van der Waals surface area contributed by atoms with Crippen molar-refractivity contribution in [3.05, 3.63) is 41.0 Å². The molecule has 0 bridgehead atoms. The normalized spacial score (nSPS) is 19.9. The molecule has 1 unspecified atom stereocenters. The average molecular weight is 259 g/mol. The first-order valence-corrected chi connectivity index (χ1v) is 6.78. The minimum Gasteiger partial charge on any atom is -0.391 e. The molecular weight excluding hydrogens is 238 g/mol. The summed E-state index contributed by atoms with van der Waals surface area (Å²) in [7, 11) is 0. The van der Waals surface area contributed by atoms with Crippen LogP contribution in [0.2, 0.25) is 0 Å². The molecule has 3 heteroatoms. The van der Waals surface area contributed by atoms with Crippen molar-refractivity contribution in [2.45, 2.75) is 32.8 Å². The van der Waals surface area contributed by atoms with Crippen LogP contribution in [0.5, 0.6) is 0 Å². The highest BCUT2D eigenvalue weighted by Crippen LogP contribution is 2.14. The van der Waals surface area contributed by atoms with E-state index >= 15 is 0 Å². The van der Waals surface area contributed by atoms with E-state index in [0.29, 0.717) is 6.54 Å². The lowest BCUT2D eigenvalue weighted by molar-refractivity contribution is -0.128. The number of aliphatic hydroxyl groups excluding tert-OH is 1. The minimum absolute atomic E-state index is 0.0151. The van der Waals surface area contributed by atoms with Crippen molar-refractivity contribution in [2.24, 2.45) is 0 Å². The second-order valence-electron chi connectivity index (χ2n) is 5.27. The fourth-order valence-electron chi connectivity index (χ4n) is 2.43. The predicted octanol–water partition coefficient (Wildman–Crippen LogP) is 2.30. The van der Waals surface area contributed by atoms with Crippen LogP contribution in [0.4, 0.5) is 0 Å². The van der Waals surface area contributed by atoms with Gasteiger partial charge in [-0.3, -0.25) is 4.79 Å². The highest BCUT2D eigenvalue weighted by atomic mass is 16.3. The number of benzene rings is 1. The number of likely N-dealkylation sites (tertiary alicyclic amines) is 1. The number of aryl methyl sites for hydroxylation is 2. The highest BCUT2D eigenvalue weighted by molar-refractivity contribution is 5.92. The van der Waals surface area contributed by atoms with Gasteiger partial charge in [-0.15, -0.1) is 0 Å². The number of β-amino-alcohol motifs (C(OH)–C–C–N with tert-alkyl or cyclic N) is 1. The molecule has 2 rings (SSSR count). The fraction of sp³-hybridized carbons (Fsp3) is 0.438. The molecule has 1 saturated heterocycles. The van der Waals surface area contributed by atoms with Crippen molar-refractivity contribution in [1.82, 2.24) is 4.90 Å². The largest absolute Gasteiger partial charge is 0.391 e. The molecule has 1 aromatic rings. The number of hydrogen-bond donors (Lipinski definition) is 1. The molecule has 1 fully saturated rings. The summed E-state index contributed by atoms with van der Waals surface area (Å²) in [6, 6.07) is 6.18. The Morgan fingerprint density at radius 1 is 1.42 bits per heavy atom. The lowest BCUT2D eigenvalue weighted by atomic mass is 10.0. The minimum atomic E-state index is -0.368. The third-order valence-corrected chi connectivity index (χ3v) is 3.54. The quantitative estimate of drug-likeness (QED) is 0.828. The SMILES string of the molecule is Cc1ccc(/C=C/C(=O)N2CCCC(O)C2)c(C)c1. The number of carbonyl (C=O) groups excluding carboxylic acids is 1. The molecule has 19 heavy (non-hydrogen) atoms. The number of aliphatic hydroxyl groups is 1. The number of amides is 1. The van der Waals surface area contributed by atoms with E-state index in [1.54, 1.807) is 11.0 Å². The van der Waals surface area contributed by atoms with Crippen molar-refractivity contribution < 1.29 is 9.90 Å². The summed E-state index contributed by atoms with van der Waals surface area (Å²) < 4.78 is 0. The molecule has 0 aliphatic carbocycles. The van der Waals surface area contributed by atoms with E-state index in [1.807, 2.05) is 25.1 Å². The van der Waals surface area contributed by atoms with Gasteiger partial charge in [0.15, 0.2) is 0 Å². The smallest absolute Gasteiger partial charge is 0.246 e. The van der Waals surface area contributed by atoms with Gasteiger partial charge >= 0.3 is 0 Å². The number of piperidine rings is 1. The van der Waals surface area contributed by atoms with Crippen LogP contribution in [-0.4, -0.2) is 35.1 Å². The summed E-state index contributed by atoms with van der Waals surface area (Å²) in [4.78, 5) is 13.7. The molecule has 0 spiro atoms. The molecule has 0 radical (unpaired) electrons. The Bertz CT molecular complexity index is 494. The van der Waals surface area contributed by atoms with E-state index in [0.717, 1.165) is 24.9 Å². The van der Waals surface area contributed by atoms with Crippen molar-refractivity contribution >= 4 is 12.0 Å². The van der Waals surface area contributed by atoms with Crippen molar-refractivity contribution in [2.75, 3.05) is 13.1 Å². The van der Waals surface area contributed by atoms with Gasteiger partial charge in [-0.05, 0) is 43.9 Å². The van der Waals surface area contributed by atoms with Gasteiger partial charge in [0.05, 0.1) is 6.10 Å². The van der Waals surface area contributed by atoms with E-state index in [1.165, 1.54) is 11.1 Å². The lowest BCUT2D eigenvalue weighted by Gasteiger charge is -2.29. The monoisotopic (exact) mass is 259 g/mol. The van der Waals surface area contributed by atoms with E-state index in [2.05, 4.69) is 13.0 Å². The van der Waals surface area contributed by atoms with Crippen molar-refractivity contribution in [3.63, 3.8) is 0 Å². The number of carbonyl (C=O) groups is 1. The maximum atomic E-state index is 12.0. The summed E-state index contributed by atoms with van der Waals surface area (Å²) in [6.07, 6.45) is 4.77. The zero-order valence-corrected chi connectivity index (χ0v) is 11.6. The molecule has 1 aliphatic rings. The van der Waals surface area contributed by atoms with Gasteiger partial charge in [0, 0.05) is 19.2 Å². The molecule has 1 aromatic carbocycles. The molecule has 3 nitrogen and oxygen atoms in total. The first kappa shape index (κ1) is 13.8. The number of nitrogens with zero attached hydrogens (tertiary/aromatic N) is 1. The topological polar surface area (TPSA) is 40.5 Å². The number of rotatable bonds is 2. The van der Waals surface area contributed by atoms with Crippen LogP contribution in [0.1, 0.15) is 29.5 Å². The van der Waals surface area contributed by atoms with Gasteiger partial charge in [-0.2, -0.15) is 0 Å². The molecule has 1 atom stereocenters. The van der Waals surface area contributed by atoms with Gasteiger partial charge in [0.1, 0.15) is 0 Å². The first-order valence-electron chi connectivity index (χ1n) is 6.78. The van der Waals surface area contributed by atoms with Gasteiger partial charge in [0.2, 0.25) is 5.91 Å². The van der Waals surface area contributed by atoms with Gasteiger partial charge in [-0.25, -0.2) is 0 Å². The summed E-state index contributed by atoms with van der Waals surface area (Å²) in [5.74, 6) is -0.0151. The molecule has 0 aromatic heterocycles. The third kappa shape index (κ3) is 3.67. The Labute approximate surface area is 114 Å². The Hall–Kier alpha value is -1.61. The zero-order valence-electron chi connectivity index (χ0n) is 11.6. The molecule has 1 N–H and O–H groups in total. The standard InChI is InChI=1S/C16H21NO2/c1-12-5-6-14(13(2)10-12)7-8-16(19)17-9-3-4-15(18)11-17/h5-8,10,15,18H,3-4,9,11H2,1-2H3/b8-7+. The summed E-state index contributed by atoms with van der Waals surface area (Å²) in [6.45, 7) is 5.30. The summed E-state index contributed by atoms with van der Waals surface area (Å²) >= 11 is 0. The molecule has 1 amide bonds. The number of hydrogen-bond acceptors (Lipinski definition) is 2. The van der Waals surface area contributed by atoms with Crippen molar-refractivity contribution in [1.29, 1.82) is 0 Å². The third-order valence-electron chi connectivity index (χ3n) is 3.54. The summed E-state index contributed by atoms with van der Waals surface area (Å²) in [5.41, 5.74) is 3.46. The molecule has 102 valence electrons. The Kier molecular flexibility index (Phi) is 4.38. The highest BCUT2D eigenvalue weighted by Gasteiger charge is 2.20. The average Bonchev–Trinajstić information content (AvgIpc) is 2.37.